The molecular weight excluding hydrogens is 481 g/mol. The molecule has 1 saturated heterocycles. The lowest BCUT2D eigenvalue weighted by Gasteiger charge is -2.26. The fourth-order valence-electron chi connectivity index (χ4n) is 4.31. The lowest BCUT2D eigenvalue weighted by Crippen LogP contribution is -2.29. The number of amides is 1. The van der Waals surface area contributed by atoms with Gasteiger partial charge in [0.05, 0.1) is 23.2 Å². The van der Waals surface area contributed by atoms with Crippen LogP contribution in [-0.4, -0.2) is 23.4 Å². The van der Waals surface area contributed by atoms with E-state index in [-0.39, 0.29) is 22.0 Å². The number of aliphatic hydroxyl groups is 1. The van der Waals surface area contributed by atoms with Crippen molar-refractivity contribution in [3.8, 4) is 5.75 Å². The highest BCUT2D eigenvalue weighted by Crippen LogP contribution is 2.43. The number of Topliss-reactive ketones (excluding diaryl/α,β-unsaturated/α-hetero) is 1. The zero-order valence-electron chi connectivity index (χ0n) is 20.3. The smallest absolute Gasteiger partial charge is 0.300 e. The molecule has 1 N–H and O–H groups in total. The number of ether oxygens (including phenoxy) is 1. The maximum atomic E-state index is 13.9. The fourth-order valence-corrected chi connectivity index (χ4v) is 4.49. The van der Waals surface area contributed by atoms with E-state index in [1.165, 1.54) is 17.0 Å². The van der Waals surface area contributed by atoms with E-state index in [4.69, 9.17) is 16.3 Å². The Morgan fingerprint density at radius 2 is 1.78 bits per heavy atom. The van der Waals surface area contributed by atoms with E-state index in [2.05, 4.69) is 0 Å². The minimum Gasteiger partial charge on any atom is -0.507 e. The summed E-state index contributed by atoms with van der Waals surface area (Å²) >= 11 is 6.00. The summed E-state index contributed by atoms with van der Waals surface area (Å²) in [4.78, 5) is 27.8. The van der Waals surface area contributed by atoms with Crippen molar-refractivity contribution in [2.24, 2.45) is 0 Å². The molecule has 0 aromatic heterocycles. The van der Waals surface area contributed by atoms with E-state index in [0.717, 1.165) is 30.0 Å². The summed E-state index contributed by atoms with van der Waals surface area (Å²) in [5, 5.41) is 11.2. The van der Waals surface area contributed by atoms with Crippen LogP contribution in [-0.2, 0) is 16.0 Å². The monoisotopic (exact) mass is 507 g/mol. The van der Waals surface area contributed by atoms with Crippen LogP contribution in [0, 0.1) is 12.7 Å². The molecule has 36 heavy (non-hydrogen) atoms. The van der Waals surface area contributed by atoms with Gasteiger partial charge in [0.15, 0.2) is 0 Å². The van der Waals surface area contributed by atoms with E-state index < -0.39 is 23.5 Å². The van der Waals surface area contributed by atoms with E-state index in [1.54, 1.807) is 18.2 Å². The summed E-state index contributed by atoms with van der Waals surface area (Å²) in [6, 6.07) is 15.5. The zero-order chi connectivity index (χ0) is 26.0. The van der Waals surface area contributed by atoms with Gasteiger partial charge in [-0.15, -0.1) is 0 Å². The van der Waals surface area contributed by atoms with Crippen LogP contribution < -0.4 is 9.64 Å². The van der Waals surface area contributed by atoms with Gasteiger partial charge < -0.3 is 9.84 Å². The topological polar surface area (TPSA) is 66.8 Å². The van der Waals surface area contributed by atoms with Crippen molar-refractivity contribution in [1.82, 2.24) is 0 Å². The Bertz CT molecular complexity index is 1350. The molecule has 0 bridgehead atoms. The van der Waals surface area contributed by atoms with Gasteiger partial charge in [0.1, 0.15) is 17.3 Å². The molecule has 1 aliphatic heterocycles. The summed E-state index contributed by atoms with van der Waals surface area (Å²) in [6.45, 7) is 6.45. The Labute approximate surface area is 214 Å². The Morgan fingerprint density at radius 3 is 2.39 bits per heavy atom. The van der Waals surface area contributed by atoms with Crippen LogP contribution in [0.5, 0.6) is 5.75 Å². The predicted octanol–water partition coefficient (Wildman–Crippen LogP) is 6.77. The number of rotatable bonds is 7. The summed E-state index contributed by atoms with van der Waals surface area (Å²) < 4.78 is 19.6. The van der Waals surface area contributed by atoms with Crippen LogP contribution in [0.3, 0.4) is 0 Å². The number of halogens is 2. The third kappa shape index (κ3) is 4.73. The van der Waals surface area contributed by atoms with Crippen LogP contribution in [0.2, 0.25) is 5.02 Å². The molecule has 0 saturated carbocycles. The number of carbonyl (C=O) groups is 2. The number of ketones is 1. The molecule has 0 spiro atoms. The molecular formula is C29H27ClFNO4. The molecule has 1 amide bonds. The second-order valence-corrected chi connectivity index (χ2v) is 9.10. The van der Waals surface area contributed by atoms with Gasteiger partial charge in [0.2, 0.25) is 0 Å². The lowest BCUT2D eigenvalue weighted by atomic mass is 9.94. The summed E-state index contributed by atoms with van der Waals surface area (Å²) in [5.74, 6) is -1.91. The third-order valence-electron chi connectivity index (χ3n) is 6.24. The quantitative estimate of drug-likeness (QED) is 0.218. The Balaban J connectivity index is 1.88. The molecule has 7 heteroatoms. The van der Waals surface area contributed by atoms with E-state index >= 15 is 0 Å². The Morgan fingerprint density at radius 1 is 1.06 bits per heavy atom. The molecule has 1 heterocycles. The van der Waals surface area contributed by atoms with Crippen molar-refractivity contribution in [2.75, 3.05) is 11.5 Å². The molecule has 0 radical (unpaired) electrons. The van der Waals surface area contributed by atoms with Gasteiger partial charge in [-0.05, 0) is 72.9 Å². The SMILES string of the molecule is CCCOc1ccc(/C(O)=C2\C(=O)C(=O)N(c3ccc(F)c(Cl)c3)C2c2ccc(CC)cc2)cc1C. The Hall–Kier alpha value is -3.64. The number of aliphatic hydroxyl groups excluding tert-OH is 1. The number of nitrogens with zero attached hydrogens (tertiary/aromatic N) is 1. The van der Waals surface area contributed by atoms with E-state index in [1.807, 2.05) is 45.0 Å². The summed E-state index contributed by atoms with van der Waals surface area (Å²) in [7, 11) is 0. The first-order chi connectivity index (χ1) is 17.3. The van der Waals surface area contributed by atoms with Crippen molar-refractivity contribution < 1.29 is 23.8 Å². The van der Waals surface area contributed by atoms with Crippen LogP contribution >= 0.6 is 11.6 Å². The minimum atomic E-state index is -0.922. The van der Waals surface area contributed by atoms with Gasteiger partial charge >= 0.3 is 0 Å². The average molecular weight is 508 g/mol. The number of benzene rings is 3. The largest absolute Gasteiger partial charge is 0.507 e. The van der Waals surface area contributed by atoms with E-state index in [9.17, 15) is 19.1 Å². The first-order valence-corrected chi connectivity index (χ1v) is 12.2. The van der Waals surface area contributed by atoms with Crippen molar-refractivity contribution in [1.29, 1.82) is 0 Å². The van der Waals surface area contributed by atoms with Crippen LogP contribution in [0.15, 0.2) is 66.2 Å². The van der Waals surface area contributed by atoms with Gasteiger partial charge in [-0.3, -0.25) is 14.5 Å². The van der Waals surface area contributed by atoms with Gasteiger partial charge in [0, 0.05) is 11.3 Å². The van der Waals surface area contributed by atoms with Crippen molar-refractivity contribution in [2.45, 2.75) is 39.7 Å². The second kappa shape index (κ2) is 10.5. The minimum absolute atomic E-state index is 0.0497. The van der Waals surface area contributed by atoms with Crippen LogP contribution in [0.25, 0.3) is 5.76 Å². The average Bonchev–Trinajstić information content (AvgIpc) is 3.14. The molecule has 4 rings (SSSR count). The van der Waals surface area contributed by atoms with Crippen molar-refractivity contribution in [3.63, 3.8) is 0 Å². The number of aryl methyl sites for hydroxylation is 2. The summed E-state index contributed by atoms with van der Waals surface area (Å²) in [6.07, 6.45) is 1.68. The van der Waals surface area contributed by atoms with Gasteiger partial charge in [-0.25, -0.2) is 4.39 Å². The highest BCUT2D eigenvalue weighted by Gasteiger charge is 2.47. The molecule has 186 valence electrons. The third-order valence-corrected chi connectivity index (χ3v) is 6.53. The zero-order valence-corrected chi connectivity index (χ0v) is 21.1. The molecule has 1 unspecified atom stereocenters. The molecule has 1 atom stereocenters. The maximum absolute atomic E-state index is 13.9. The molecule has 5 nitrogen and oxygen atoms in total. The fraction of sp³-hybridized carbons (Fsp3) is 0.241. The van der Waals surface area contributed by atoms with Crippen molar-refractivity contribution in [3.05, 3.63) is 99.3 Å². The highest BCUT2D eigenvalue weighted by molar-refractivity contribution is 6.51. The standard InChI is InChI=1S/C29H27ClFNO4/c1-4-14-36-24-13-10-20(15-17(24)3)27(33)25-26(19-8-6-18(5-2)7-9-19)32(29(35)28(25)34)21-11-12-23(31)22(30)16-21/h6-13,15-16,26,33H,4-5,14H2,1-3H3/b27-25+. The molecule has 1 aliphatic rings. The summed E-state index contributed by atoms with van der Waals surface area (Å²) in [5.41, 5.74) is 3.10. The van der Waals surface area contributed by atoms with Crippen molar-refractivity contribution >= 4 is 34.7 Å². The van der Waals surface area contributed by atoms with Crippen LogP contribution in [0.4, 0.5) is 10.1 Å². The molecule has 1 fully saturated rings. The Kier molecular flexibility index (Phi) is 7.45. The van der Waals surface area contributed by atoms with Crippen LogP contribution in [0.1, 0.15) is 48.6 Å². The number of hydrogen-bond acceptors (Lipinski definition) is 4. The van der Waals surface area contributed by atoms with E-state index in [0.29, 0.717) is 23.5 Å². The highest BCUT2D eigenvalue weighted by atomic mass is 35.5. The van der Waals surface area contributed by atoms with Gasteiger partial charge in [-0.2, -0.15) is 0 Å². The maximum Gasteiger partial charge on any atom is 0.300 e. The number of anilines is 1. The second-order valence-electron chi connectivity index (χ2n) is 8.69. The molecule has 0 aliphatic carbocycles. The molecule has 3 aromatic rings. The van der Waals surface area contributed by atoms with Gasteiger partial charge in [-0.1, -0.05) is 49.7 Å². The number of carbonyl (C=O) groups excluding carboxylic acids is 2. The first-order valence-electron chi connectivity index (χ1n) is 11.9. The normalized spacial score (nSPS) is 17.0. The van der Waals surface area contributed by atoms with Gasteiger partial charge in [0.25, 0.3) is 11.7 Å². The predicted molar refractivity (Wildman–Crippen MR) is 139 cm³/mol. The number of hydrogen-bond donors (Lipinski definition) is 1. The lowest BCUT2D eigenvalue weighted by molar-refractivity contribution is -0.132. The first kappa shape index (κ1) is 25.5. The molecule has 3 aromatic carbocycles.